The molecule has 2 aromatic heterocycles. The van der Waals surface area contributed by atoms with E-state index in [1.165, 1.54) is 17.9 Å². The first-order valence-corrected chi connectivity index (χ1v) is 7.40. The number of rotatable bonds is 2. The third kappa shape index (κ3) is 2.31. The molecule has 7 heteroatoms. The number of ether oxygens (including phenoxy) is 1. The fraction of sp³-hybridized carbons (Fsp3) is 0.500. The summed E-state index contributed by atoms with van der Waals surface area (Å²) in [6.07, 6.45) is 2.49. The van der Waals surface area contributed by atoms with Crippen molar-refractivity contribution in [2.45, 2.75) is 33.4 Å². The Bertz CT molecular complexity index is 937. The van der Waals surface area contributed by atoms with Gasteiger partial charge in [0, 0.05) is 32.3 Å². The van der Waals surface area contributed by atoms with E-state index in [0.29, 0.717) is 35.0 Å². The lowest BCUT2D eigenvalue weighted by Crippen LogP contribution is -2.41. The second kappa shape index (κ2) is 5.13. The molecule has 7 nitrogen and oxygen atoms in total. The van der Waals surface area contributed by atoms with Crippen molar-refractivity contribution in [1.29, 1.82) is 0 Å². The highest BCUT2D eigenvalue weighted by molar-refractivity contribution is 6.02. The van der Waals surface area contributed by atoms with Crippen molar-refractivity contribution in [2.24, 2.45) is 12.5 Å². The normalized spacial score (nSPS) is 16.6. The molecule has 2 aromatic rings. The number of nitrogens with zero attached hydrogens (tertiary/aromatic N) is 3. The fourth-order valence-electron chi connectivity index (χ4n) is 3.25. The summed E-state index contributed by atoms with van der Waals surface area (Å²) in [5.74, 6) is -0.0165. The van der Waals surface area contributed by atoms with E-state index in [9.17, 15) is 14.4 Å². The number of methoxy groups -OCH3 is 1. The van der Waals surface area contributed by atoms with Gasteiger partial charge in [-0.25, -0.2) is 14.3 Å². The minimum atomic E-state index is -0.488. The first kappa shape index (κ1) is 15.6. The van der Waals surface area contributed by atoms with Crippen LogP contribution in [0.2, 0.25) is 0 Å². The Morgan fingerprint density at radius 2 is 1.96 bits per heavy atom. The van der Waals surface area contributed by atoms with E-state index in [2.05, 4.69) is 4.98 Å². The van der Waals surface area contributed by atoms with Gasteiger partial charge in [-0.05, 0) is 17.4 Å². The Balaban J connectivity index is 2.47. The Morgan fingerprint density at radius 1 is 1.26 bits per heavy atom. The van der Waals surface area contributed by atoms with Gasteiger partial charge in [-0.2, -0.15) is 0 Å². The van der Waals surface area contributed by atoms with E-state index in [1.54, 1.807) is 7.05 Å². The van der Waals surface area contributed by atoms with Gasteiger partial charge in [-0.15, -0.1) is 0 Å². The average Bonchev–Trinajstić information content (AvgIpc) is 2.47. The Kier molecular flexibility index (Phi) is 3.48. The number of hydrogen-bond acceptors (Lipinski definition) is 5. The van der Waals surface area contributed by atoms with Crippen LogP contribution in [0.15, 0.2) is 15.8 Å². The molecule has 0 aliphatic heterocycles. The average molecular weight is 317 g/mol. The van der Waals surface area contributed by atoms with Crippen molar-refractivity contribution < 1.29 is 9.53 Å². The molecule has 2 heterocycles. The summed E-state index contributed by atoms with van der Waals surface area (Å²) in [6, 6.07) is 0. The highest BCUT2D eigenvalue weighted by atomic mass is 16.5. The highest BCUT2D eigenvalue weighted by Crippen LogP contribution is 2.36. The zero-order chi connectivity index (χ0) is 16.9. The molecule has 0 saturated heterocycles. The van der Waals surface area contributed by atoms with Crippen LogP contribution in [0.25, 0.3) is 11.0 Å². The van der Waals surface area contributed by atoms with E-state index in [4.69, 9.17) is 4.74 Å². The van der Waals surface area contributed by atoms with Gasteiger partial charge in [0.25, 0.3) is 5.56 Å². The van der Waals surface area contributed by atoms with Crippen LogP contribution in [0.3, 0.4) is 0 Å². The maximum Gasteiger partial charge on any atom is 0.334 e. The number of Topliss-reactive ketones (excluding diaryl/α,β-unsaturated/α-hetero) is 1. The molecule has 122 valence electrons. The number of hydrogen-bond donors (Lipinski definition) is 0. The number of aryl methyl sites for hydroxylation is 1. The number of ketones is 1. The van der Waals surface area contributed by atoms with Crippen molar-refractivity contribution in [3.8, 4) is 0 Å². The van der Waals surface area contributed by atoms with Crippen molar-refractivity contribution in [3.05, 3.63) is 38.2 Å². The third-order valence-corrected chi connectivity index (χ3v) is 4.31. The van der Waals surface area contributed by atoms with Crippen molar-refractivity contribution in [1.82, 2.24) is 14.1 Å². The van der Waals surface area contributed by atoms with Gasteiger partial charge in [0.15, 0.2) is 5.78 Å². The minimum Gasteiger partial charge on any atom is -0.364 e. The molecule has 0 amide bonds. The van der Waals surface area contributed by atoms with Gasteiger partial charge < -0.3 is 4.74 Å². The summed E-state index contributed by atoms with van der Waals surface area (Å²) in [5, 5.41) is 0.336. The fourth-order valence-corrected chi connectivity index (χ4v) is 3.25. The molecule has 0 unspecified atom stereocenters. The predicted molar refractivity (Wildman–Crippen MR) is 84.7 cm³/mol. The number of aromatic nitrogens is 3. The second-order valence-electron chi connectivity index (χ2n) is 6.78. The maximum atomic E-state index is 12.8. The molecule has 0 fully saturated rings. The number of carbonyl (C=O) groups excluding carboxylic acids is 1. The van der Waals surface area contributed by atoms with Crippen LogP contribution in [-0.4, -0.2) is 27.0 Å². The molecule has 0 atom stereocenters. The van der Waals surface area contributed by atoms with Crippen LogP contribution < -0.4 is 11.2 Å². The zero-order valence-corrected chi connectivity index (χ0v) is 13.7. The molecule has 0 radical (unpaired) electrons. The van der Waals surface area contributed by atoms with Crippen molar-refractivity contribution >= 4 is 16.8 Å². The summed E-state index contributed by atoms with van der Waals surface area (Å²) in [7, 11) is 2.98. The lowest BCUT2D eigenvalue weighted by atomic mass is 9.73. The van der Waals surface area contributed by atoms with Crippen molar-refractivity contribution in [2.75, 3.05) is 7.11 Å². The van der Waals surface area contributed by atoms with E-state index >= 15 is 0 Å². The molecule has 0 bridgehead atoms. The van der Waals surface area contributed by atoms with Crippen LogP contribution >= 0.6 is 0 Å². The number of pyridine rings is 1. The topological polar surface area (TPSA) is 83.2 Å². The van der Waals surface area contributed by atoms with Gasteiger partial charge in [0.2, 0.25) is 0 Å². The summed E-state index contributed by atoms with van der Waals surface area (Å²) in [6.45, 7) is 3.86. The predicted octanol–water partition coefficient (Wildman–Crippen LogP) is 0.854. The number of carbonyl (C=O) groups is 1. The largest absolute Gasteiger partial charge is 0.364 e. The third-order valence-electron chi connectivity index (χ3n) is 4.31. The maximum absolute atomic E-state index is 12.8. The van der Waals surface area contributed by atoms with Crippen LogP contribution in [0, 0.1) is 5.41 Å². The smallest absolute Gasteiger partial charge is 0.334 e. The molecule has 0 N–H and O–H groups in total. The molecule has 0 spiro atoms. The summed E-state index contributed by atoms with van der Waals surface area (Å²) in [5.41, 5.74) is 0.291. The first-order chi connectivity index (χ1) is 10.8. The van der Waals surface area contributed by atoms with E-state index in [-0.39, 0.29) is 17.9 Å². The quantitative estimate of drug-likeness (QED) is 0.820. The molecule has 1 aliphatic carbocycles. The second-order valence-corrected chi connectivity index (χ2v) is 6.78. The van der Waals surface area contributed by atoms with Crippen molar-refractivity contribution in [3.63, 3.8) is 0 Å². The van der Waals surface area contributed by atoms with Crippen LogP contribution in [0.4, 0.5) is 0 Å². The summed E-state index contributed by atoms with van der Waals surface area (Å²) >= 11 is 0. The zero-order valence-electron chi connectivity index (χ0n) is 13.7. The molecule has 1 aliphatic rings. The molecule has 0 aromatic carbocycles. The summed E-state index contributed by atoms with van der Waals surface area (Å²) < 4.78 is 7.31. The van der Waals surface area contributed by atoms with Gasteiger partial charge in [0.05, 0.1) is 5.39 Å². The van der Waals surface area contributed by atoms with Gasteiger partial charge >= 0.3 is 5.69 Å². The Morgan fingerprint density at radius 3 is 2.61 bits per heavy atom. The minimum absolute atomic E-state index is 0.0165. The first-order valence-electron chi connectivity index (χ1n) is 7.40. The molecular weight excluding hydrogens is 298 g/mol. The molecule has 23 heavy (non-hydrogen) atoms. The van der Waals surface area contributed by atoms with Gasteiger partial charge in [0.1, 0.15) is 12.4 Å². The van der Waals surface area contributed by atoms with Gasteiger partial charge in [-0.3, -0.25) is 14.2 Å². The molecule has 0 saturated carbocycles. The highest BCUT2D eigenvalue weighted by Gasteiger charge is 2.33. The monoisotopic (exact) mass is 317 g/mol. The standard InChI is InChI=1S/C16H19N3O4/c1-16(2)5-9-10(11(20)6-16)7-17-13-12(9)14(21)19(8-23-4)15(22)18(13)3/h7H,5-6,8H2,1-4H3. The van der Waals surface area contributed by atoms with Gasteiger partial charge in [-0.1, -0.05) is 13.8 Å². The van der Waals surface area contributed by atoms with E-state index < -0.39 is 11.2 Å². The lowest BCUT2D eigenvalue weighted by molar-refractivity contribution is 0.0912. The summed E-state index contributed by atoms with van der Waals surface area (Å²) in [4.78, 5) is 41.7. The Hall–Kier alpha value is -2.28. The molecular formula is C16H19N3O4. The van der Waals surface area contributed by atoms with Crippen LogP contribution in [0.5, 0.6) is 0 Å². The lowest BCUT2D eigenvalue weighted by Gasteiger charge is -2.30. The molecule has 3 rings (SSSR count). The number of fused-ring (bicyclic) bond motifs is 3. The van der Waals surface area contributed by atoms with E-state index in [1.807, 2.05) is 13.8 Å². The van der Waals surface area contributed by atoms with E-state index in [0.717, 1.165) is 4.57 Å². The van der Waals surface area contributed by atoms with Crippen LogP contribution in [0.1, 0.15) is 36.2 Å². The Labute approximate surface area is 132 Å². The van der Waals surface area contributed by atoms with Crippen LogP contribution in [-0.2, 0) is 24.9 Å². The SMILES string of the molecule is COCn1c(=O)c2c3c(cnc2n(C)c1=O)C(=O)CC(C)(C)C3.